The van der Waals surface area contributed by atoms with Crippen molar-refractivity contribution in [3.63, 3.8) is 0 Å². The molecule has 38 heavy (non-hydrogen) atoms. The van der Waals surface area contributed by atoms with E-state index in [1.807, 2.05) is 55.7 Å². The summed E-state index contributed by atoms with van der Waals surface area (Å²) in [5.74, 6) is -0.250. The highest BCUT2D eigenvalue weighted by molar-refractivity contribution is 5.94. The minimum Gasteiger partial charge on any atom is -0.360 e. The van der Waals surface area contributed by atoms with Crippen molar-refractivity contribution in [2.45, 2.75) is 26.2 Å². The minimum absolute atomic E-state index is 0.00873. The lowest BCUT2D eigenvalue weighted by atomic mass is 9.92. The van der Waals surface area contributed by atoms with Crippen molar-refractivity contribution < 1.29 is 9.18 Å². The van der Waals surface area contributed by atoms with E-state index in [-0.39, 0.29) is 11.7 Å². The highest BCUT2D eigenvalue weighted by Gasteiger charge is 2.20. The van der Waals surface area contributed by atoms with E-state index in [1.54, 1.807) is 0 Å². The van der Waals surface area contributed by atoms with Crippen LogP contribution in [0.15, 0.2) is 85.3 Å². The number of aromatic nitrogens is 2. The normalized spacial score (nSPS) is 13.8. The van der Waals surface area contributed by atoms with Gasteiger partial charge in [0, 0.05) is 61.5 Å². The highest BCUT2D eigenvalue weighted by atomic mass is 19.1. The van der Waals surface area contributed by atoms with Gasteiger partial charge >= 0.3 is 0 Å². The quantitative estimate of drug-likeness (QED) is 0.277. The van der Waals surface area contributed by atoms with Crippen molar-refractivity contribution in [3.05, 3.63) is 108 Å². The molecule has 0 unspecified atom stereocenters. The monoisotopic (exact) mass is 508 g/mol. The third kappa shape index (κ3) is 5.92. The summed E-state index contributed by atoms with van der Waals surface area (Å²) in [7, 11) is 0. The fourth-order valence-electron chi connectivity index (χ4n) is 4.95. The van der Waals surface area contributed by atoms with E-state index in [0.29, 0.717) is 12.1 Å². The number of carbonyl (C=O) groups is 1. The average Bonchev–Trinajstić information content (AvgIpc) is 3.41. The maximum absolute atomic E-state index is 13.6. The second-order valence-corrected chi connectivity index (χ2v) is 9.68. The molecule has 4 aromatic rings. The van der Waals surface area contributed by atoms with Gasteiger partial charge in [-0.3, -0.25) is 14.7 Å². The first kappa shape index (κ1) is 25.6. The summed E-state index contributed by atoms with van der Waals surface area (Å²) in [5, 5.41) is 2.92. The first-order valence-electron chi connectivity index (χ1n) is 13.3. The predicted molar refractivity (Wildman–Crippen MR) is 151 cm³/mol. The number of aromatic amines is 1. The molecule has 5 nitrogen and oxygen atoms in total. The molecule has 6 heteroatoms. The van der Waals surface area contributed by atoms with Gasteiger partial charge in [-0.1, -0.05) is 25.1 Å². The third-order valence-electron chi connectivity index (χ3n) is 7.09. The number of amides is 1. The Morgan fingerprint density at radius 2 is 1.79 bits per heavy atom. The summed E-state index contributed by atoms with van der Waals surface area (Å²) in [6.07, 6.45) is 10.8. The lowest BCUT2D eigenvalue weighted by Gasteiger charge is -2.26. The zero-order valence-electron chi connectivity index (χ0n) is 21.7. The second kappa shape index (κ2) is 12.0. The number of halogens is 1. The lowest BCUT2D eigenvalue weighted by molar-refractivity contribution is 0.0953. The number of rotatable bonds is 9. The number of hydrogen-bond acceptors (Lipinski definition) is 3. The molecule has 2 aromatic heterocycles. The van der Waals surface area contributed by atoms with Crippen molar-refractivity contribution in [1.29, 1.82) is 0 Å². The summed E-state index contributed by atoms with van der Waals surface area (Å²) < 4.78 is 13.6. The van der Waals surface area contributed by atoms with Crippen LogP contribution in [0.4, 0.5) is 4.39 Å². The molecule has 0 saturated heterocycles. The van der Waals surface area contributed by atoms with Crippen LogP contribution >= 0.6 is 0 Å². The summed E-state index contributed by atoms with van der Waals surface area (Å²) in [5.41, 5.74) is 8.61. The van der Waals surface area contributed by atoms with Gasteiger partial charge in [-0.2, -0.15) is 0 Å². The number of hydrogen-bond donors (Lipinski definition) is 2. The van der Waals surface area contributed by atoms with Gasteiger partial charge < -0.3 is 10.3 Å². The molecule has 1 amide bonds. The number of pyridine rings is 1. The standard InChI is InChI=1S/C32H33FN4O/c1-2-16-35-32(38)27-5-3-23(4-6-27)13-19-37-20-14-24(15-21-37)29-22-36-31(26-7-9-28(33)10-8-26)30(29)25-11-17-34-18-12-25/h3-12,14,17-18,22,36H,2,13,15-16,19-21H2,1H3,(H,35,38). The molecule has 2 N–H and O–H groups in total. The van der Waals surface area contributed by atoms with E-state index < -0.39 is 0 Å². The molecule has 1 aliphatic rings. The van der Waals surface area contributed by atoms with Crippen LogP contribution in [0.3, 0.4) is 0 Å². The highest BCUT2D eigenvalue weighted by Crippen LogP contribution is 2.39. The van der Waals surface area contributed by atoms with Crippen LogP contribution in [-0.2, 0) is 6.42 Å². The smallest absolute Gasteiger partial charge is 0.251 e. The van der Waals surface area contributed by atoms with E-state index >= 15 is 0 Å². The van der Waals surface area contributed by atoms with Gasteiger partial charge in [-0.15, -0.1) is 0 Å². The van der Waals surface area contributed by atoms with Gasteiger partial charge in [0.05, 0.1) is 5.69 Å². The molecular weight excluding hydrogens is 475 g/mol. The molecular formula is C32H33FN4O. The van der Waals surface area contributed by atoms with Crippen LogP contribution in [0.25, 0.3) is 28.0 Å². The number of carbonyl (C=O) groups excluding carboxylic acids is 1. The zero-order chi connectivity index (χ0) is 26.3. The van der Waals surface area contributed by atoms with Crippen molar-refractivity contribution in [2.24, 2.45) is 0 Å². The lowest BCUT2D eigenvalue weighted by Crippen LogP contribution is -2.30. The summed E-state index contributed by atoms with van der Waals surface area (Å²) in [6, 6.07) is 18.6. The van der Waals surface area contributed by atoms with Gasteiger partial charge in [0.1, 0.15) is 5.82 Å². The predicted octanol–water partition coefficient (Wildman–Crippen LogP) is 6.35. The van der Waals surface area contributed by atoms with E-state index in [1.165, 1.54) is 28.8 Å². The van der Waals surface area contributed by atoms with E-state index in [0.717, 1.165) is 61.3 Å². The van der Waals surface area contributed by atoms with Crippen LogP contribution in [-0.4, -0.2) is 47.0 Å². The van der Waals surface area contributed by atoms with Gasteiger partial charge in [0.15, 0.2) is 0 Å². The molecule has 0 aliphatic carbocycles. The molecule has 0 radical (unpaired) electrons. The van der Waals surface area contributed by atoms with Gasteiger partial charge in [0.25, 0.3) is 5.91 Å². The Labute approximate surface area is 223 Å². The number of nitrogens with one attached hydrogen (secondary N) is 2. The molecule has 3 heterocycles. The van der Waals surface area contributed by atoms with Crippen molar-refractivity contribution in [2.75, 3.05) is 26.2 Å². The Kier molecular flexibility index (Phi) is 8.09. The van der Waals surface area contributed by atoms with Crippen LogP contribution in [0.5, 0.6) is 0 Å². The number of H-pyrrole nitrogens is 1. The van der Waals surface area contributed by atoms with Crippen molar-refractivity contribution >= 4 is 11.5 Å². The van der Waals surface area contributed by atoms with E-state index in [9.17, 15) is 9.18 Å². The minimum atomic E-state index is -0.241. The fourth-order valence-corrected chi connectivity index (χ4v) is 4.95. The van der Waals surface area contributed by atoms with Crippen LogP contribution in [0.1, 0.15) is 41.3 Å². The molecule has 1 aliphatic heterocycles. The van der Waals surface area contributed by atoms with E-state index in [4.69, 9.17) is 0 Å². The summed E-state index contributed by atoms with van der Waals surface area (Å²) in [4.78, 5) is 22.2. The van der Waals surface area contributed by atoms with Crippen molar-refractivity contribution in [1.82, 2.24) is 20.2 Å². The summed E-state index contributed by atoms with van der Waals surface area (Å²) in [6.45, 7) is 5.59. The second-order valence-electron chi connectivity index (χ2n) is 9.68. The number of nitrogens with zero attached hydrogens (tertiary/aromatic N) is 2. The molecule has 0 bridgehead atoms. The Morgan fingerprint density at radius 1 is 1.03 bits per heavy atom. The molecule has 0 spiro atoms. The van der Waals surface area contributed by atoms with Crippen LogP contribution < -0.4 is 5.32 Å². The maximum Gasteiger partial charge on any atom is 0.251 e. The van der Waals surface area contributed by atoms with Gasteiger partial charge in [-0.25, -0.2) is 4.39 Å². The third-order valence-corrected chi connectivity index (χ3v) is 7.09. The Balaban J connectivity index is 1.28. The Bertz CT molecular complexity index is 1390. The molecule has 0 atom stereocenters. The van der Waals surface area contributed by atoms with Crippen molar-refractivity contribution in [3.8, 4) is 22.4 Å². The fraction of sp³-hybridized carbons (Fsp3) is 0.250. The average molecular weight is 509 g/mol. The van der Waals surface area contributed by atoms with Gasteiger partial charge in [0.2, 0.25) is 0 Å². The Morgan fingerprint density at radius 3 is 2.47 bits per heavy atom. The first-order chi connectivity index (χ1) is 18.6. The topological polar surface area (TPSA) is 61.0 Å². The molecule has 194 valence electrons. The number of benzene rings is 2. The maximum atomic E-state index is 13.6. The van der Waals surface area contributed by atoms with Crippen LogP contribution in [0, 0.1) is 5.82 Å². The van der Waals surface area contributed by atoms with Gasteiger partial charge in [-0.05, 0) is 90.1 Å². The van der Waals surface area contributed by atoms with E-state index in [2.05, 4.69) is 44.6 Å². The molecule has 5 rings (SSSR count). The molecule has 0 fully saturated rings. The molecule has 2 aromatic carbocycles. The SMILES string of the molecule is CCCNC(=O)c1ccc(CCN2CC=C(c3c[nH]c(-c4ccc(F)cc4)c3-c3ccncc3)CC2)cc1. The van der Waals surface area contributed by atoms with Crippen LogP contribution in [0.2, 0.25) is 0 Å². The zero-order valence-corrected chi connectivity index (χ0v) is 21.7. The Hall–Kier alpha value is -4.03. The largest absolute Gasteiger partial charge is 0.360 e. The first-order valence-corrected chi connectivity index (χ1v) is 13.3. The molecule has 0 saturated carbocycles. The summed E-state index contributed by atoms with van der Waals surface area (Å²) >= 11 is 0.